The Hall–Kier alpha value is -2.07. The van der Waals surface area contributed by atoms with Gasteiger partial charge in [0.25, 0.3) is 0 Å². The molecule has 0 aliphatic carbocycles. The maximum atomic E-state index is 13.6. The summed E-state index contributed by atoms with van der Waals surface area (Å²) in [6.07, 6.45) is 0. The minimum absolute atomic E-state index is 0.0212. The lowest BCUT2D eigenvalue weighted by Crippen LogP contribution is -2.02. The van der Waals surface area contributed by atoms with Crippen LogP contribution >= 0.6 is 11.6 Å². The van der Waals surface area contributed by atoms with E-state index in [0.29, 0.717) is 16.3 Å². The summed E-state index contributed by atoms with van der Waals surface area (Å²) in [6.45, 7) is 0.0212. The second-order valence-corrected chi connectivity index (χ2v) is 4.29. The van der Waals surface area contributed by atoms with Crippen LogP contribution < -0.4 is 4.74 Å². The van der Waals surface area contributed by atoms with Gasteiger partial charge >= 0.3 is 5.97 Å². The van der Waals surface area contributed by atoms with E-state index in [4.69, 9.17) is 21.4 Å². The Morgan fingerprint density at radius 1 is 1.21 bits per heavy atom. The van der Waals surface area contributed by atoms with E-state index >= 15 is 0 Å². The number of carboxylic acid groups (broad SMARTS) is 1. The molecule has 0 heterocycles. The Morgan fingerprint density at radius 2 is 1.89 bits per heavy atom. The molecular weight excluding hydrogens is 271 g/mol. The number of carboxylic acids is 1. The molecule has 2 aromatic rings. The molecule has 19 heavy (non-hydrogen) atoms. The molecular formula is C14H10ClFO3. The predicted octanol–water partition coefficient (Wildman–Crippen LogP) is 3.76. The van der Waals surface area contributed by atoms with Crippen LogP contribution in [0.5, 0.6) is 5.75 Å². The Bertz CT molecular complexity index is 596. The average molecular weight is 281 g/mol. The molecule has 0 radical (unpaired) electrons. The van der Waals surface area contributed by atoms with Crippen LogP contribution in [0.15, 0.2) is 42.5 Å². The van der Waals surface area contributed by atoms with Crippen molar-refractivity contribution < 1.29 is 19.0 Å². The number of benzene rings is 2. The van der Waals surface area contributed by atoms with Crippen LogP contribution in [0.1, 0.15) is 15.9 Å². The Labute approximate surface area is 114 Å². The smallest absolute Gasteiger partial charge is 0.335 e. The molecule has 0 unspecified atom stereocenters. The van der Waals surface area contributed by atoms with Crippen molar-refractivity contribution in [2.24, 2.45) is 0 Å². The zero-order valence-electron chi connectivity index (χ0n) is 9.77. The maximum Gasteiger partial charge on any atom is 0.335 e. The quantitative estimate of drug-likeness (QED) is 0.927. The molecule has 2 rings (SSSR count). The topological polar surface area (TPSA) is 46.5 Å². The molecule has 0 saturated heterocycles. The van der Waals surface area contributed by atoms with Gasteiger partial charge in [-0.05, 0) is 36.4 Å². The number of carbonyl (C=O) groups is 1. The van der Waals surface area contributed by atoms with Crippen molar-refractivity contribution in [2.45, 2.75) is 6.61 Å². The Kier molecular flexibility index (Phi) is 4.02. The van der Waals surface area contributed by atoms with Gasteiger partial charge in [0.2, 0.25) is 0 Å². The summed E-state index contributed by atoms with van der Waals surface area (Å²) in [4.78, 5) is 10.7. The van der Waals surface area contributed by atoms with Crippen molar-refractivity contribution in [1.82, 2.24) is 0 Å². The summed E-state index contributed by atoms with van der Waals surface area (Å²) in [5.74, 6) is -1.20. The van der Waals surface area contributed by atoms with Crippen molar-refractivity contribution in [3.05, 3.63) is 64.4 Å². The minimum Gasteiger partial charge on any atom is -0.489 e. The highest BCUT2D eigenvalue weighted by Crippen LogP contribution is 2.18. The van der Waals surface area contributed by atoms with Gasteiger partial charge in [0.15, 0.2) is 0 Å². The fourth-order valence-electron chi connectivity index (χ4n) is 1.49. The molecule has 5 heteroatoms. The van der Waals surface area contributed by atoms with Gasteiger partial charge in [-0.1, -0.05) is 17.7 Å². The van der Waals surface area contributed by atoms with Gasteiger partial charge in [-0.25, -0.2) is 9.18 Å². The van der Waals surface area contributed by atoms with E-state index in [2.05, 4.69) is 0 Å². The van der Waals surface area contributed by atoms with E-state index in [1.807, 2.05) is 0 Å². The molecule has 1 N–H and O–H groups in total. The standard InChI is InChI=1S/C14H10ClFO3/c15-11-3-5-12(6-4-11)19-8-10-2-1-9(14(17)18)7-13(10)16/h1-7H,8H2,(H,17,18). The zero-order chi connectivity index (χ0) is 13.8. The second-order valence-electron chi connectivity index (χ2n) is 3.85. The summed E-state index contributed by atoms with van der Waals surface area (Å²) in [6, 6.07) is 10.4. The average Bonchev–Trinajstić information content (AvgIpc) is 2.39. The number of hydrogen-bond donors (Lipinski definition) is 1. The highest BCUT2D eigenvalue weighted by Gasteiger charge is 2.08. The number of halogens is 2. The third-order valence-corrected chi connectivity index (χ3v) is 2.76. The van der Waals surface area contributed by atoms with Crippen LogP contribution in [-0.2, 0) is 6.61 Å². The van der Waals surface area contributed by atoms with E-state index in [1.54, 1.807) is 24.3 Å². The molecule has 0 atom stereocenters. The predicted molar refractivity (Wildman–Crippen MR) is 69.1 cm³/mol. The van der Waals surface area contributed by atoms with Gasteiger partial charge in [-0.2, -0.15) is 0 Å². The van der Waals surface area contributed by atoms with Gasteiger partial charge in [0, 0.05) is 10.6 Å². The molecule has 3 nitrogen and oxygen atoms in total. The van der Waals surface area contributed by atoms with Crippen LogP contribution in [0, 0.1) is 5.82 Å². The number of aromatic carboxylic acids is 1. The first-order valence-electron chi connectivity index (χ1n) is 5.46. The van der Waals surface area contributed by atoms with Crippen molar-refractivity contribution in [2.75, 3.05) is 0 Å². The van der Waals surface area contributed by atoms with E-state index < -0.39 is 11.8 Å². The first-order valence-corrected chi connectivity index (χ1v) is 5.84. The van der Waals surface area contributed by atoms with E-state index in [9.17, 15) is 9.18 Å². The highest BCUT2D eigenvalue weighted by molar-refractivity contribution is 6.30. The lowest BCUT2D eigenvalue weighted by molar-refractivity contribution is 0.0696. The summed E-state index contributed by atoms with van der Waals surface area (Å²) in [5, 5.41) is 9.31. The van der Waals surface area contributed by atoms with E-state index in [0.717, 1.165) is 6.07 Å². The molecule has 2 aromatic carbocycles. The lowest BCUT2D eigenvalue weighted by Gasteiger charge is -2.07. The lowest BCUT2D eigenvalue weighted by atomic mass is 10.1. The number of ether oxygens (including phenoxy) is 1. The van der Waals surface area contributed by atoms with Gasteiger partial charge < -0.3 is 9.84 Å². The molecule has 98 valence electrons. The van der Waals surface area contributed by atoms with Crippen LogP contribution in [0.2, 0.25) is 5.02 Å². The maximum absolute atomic E-state index is 13.6. The molecule has 0 saturated carbocycles. The van der Waals surface area contributed by atoms with Crippen LogP contribution in [-0.4, -0.2) is 11.1 Å². The fraction of sp³-hybridized carbons (Fsp3) is 0.0714. The fourth-order valence-corrected chi connectivity index (χ4v) is 1.62. The first-order chi connectivity index (χ1) is 9.06. The monoisotopic (exact) mass is 280 g/mol. The summed E-state index contributed by atoms with van der Waals surface area (Å²) in [7, 11) is 0. The van der Waals surface area contributed by atoms with Gasteiger partial charge in [0.1, 0.15) is 18.2 Å². The van der Waals surface area contributed by atoms with Crippen LogP contribution in [0.4, 0.5) is 4.39 Å². The molecule has 0 aromatic heterocycles. The molecule has 0 spiro atoms. The Balaban J connectivity index is 2.07. The van der Waals surface area contributed by atoms with E-state index in [-0.39, 0.29) is 12.2 Å². The van der Waals surface area contributed by atoms with Crippen molar-refractivity contribution in [3.63, 3.8) is 0 Å². The van der Waals surface area contributed by atoms with Gasteiger partial charge in [-0.3, -0.25) is 0 Å². The van der Waals surface area contributed by atoms with Crippen molar-refractivity contribution >= 4 is 17.6 Å². The SMILES string of the molecule is O=C(O)c1ccc(COc2ccc(Cl)cc2)c(F)c1. The first kappa shape index (κ1) is 13.4. The van der Waals surface area contributed by atoms with Crippen LogP contribution in [0.3, 0.4) is 0 Å². The zero-order valence-corrected chi connectivity index (χ0v) is 10.5. The second kappa shape index (κ2) is 5.71. The third-order valence-electron chi connectivity index (χ3n) is 2.51. The highest BCUT2D eigenvalue weighted by atomic mass is 35.5. The summed E-state index contributed by atoms with van der Waals surface area (Å²) >= 11 is 5.73. The molecule has 0 fully saturated rings. The van der Waals surface area contributed by atoms with Gasteiger partial charge in [-0.15, -0.1) is 0 Å². The molecule has 0 aliphatic heterocycles. The molecule has 0 amide bonds. The van der Waals surface area contributed by atoms with Gasteiger partial charge in [0.05, 0.1) is 5.56 Å². The molecule has 0 aliphatic rings. The molecule has 0 bridgehead atoms. The summed E-state index contributed by atoms with van der Waals surface area (Å²) < 4.78 is 19.0. The largest absolute Gasteiger partial charge is 0.489 e. The van der Waals surface area contributed by atoms with Crippen molar-refractivity contribution in [1.29, 1.82) is 0 Å². The van der Waals surface area contributed by atoms with E-state index in [1.165, 1.54) is 12.1 Å². The summed E-state index contributed by atoms with van der Waals surface area (Å²) in [5.41, 5.74) is 0.202. The van der Waals surface area contributed by atoms with Crippen molar-refractivity contribution in [3.8, 4) is 5.75 Å². The number of rotatable bonds is 4. The number of hydrogen-bond acceptors (Lipinski definition) is 2. The minimum atomic E-state index is -1.16. The third kappa shape index (κ3) is 3.45. The van der Waals surface area contributed by atoms with Crippen LogP contribution in [0.25, 0.3) is 0 Å². The normalized spacial score (nSPS) is 10.2. The Morgan fingerprint density at radius 3 is 2.47 bits per heavy atom.